The van der Waals surface area contributed by atoms with E-state index < -0.39 is 11.2 Å². The van der Waals surface area contributed by atoms with E-state index in [1.54, 1.807) is 24.3 Å². The molecule has 0 saturated carbocycles. The molecular formula is C16H15ClFIN2O. The van der Waals surface area contributed by atoms with Gasteiger partial charge in [-0.2, -0.15) is 0 Å². The molecule has 6 heteroatoms. The summed E-state index contributed by atoms with van der Waals surface area (Å²) < 4.78 is 14.9. The lowest BCUT2D eigenvalue weighted by atomic mass is 9.95. The molecule has 0 aliphatic carbocycles. The Kier molecular flexibility index (Phi) is 5.07. The molecule has 22 heavy (non-hydrogen) atoms. The molecule has 1 heterocycles. The molecule has 0 atom stereocenters. The van der Waals surface area contributed by atoms with Gasteiger partial charge in [-0.1, -0.05) is 50.6 Å². The van der Waals surface area contributed by atoms with Crippen LogP contribution in [0.3, 0.4) is 0 Å². The van der Waals surface area contributed by atoms with Gasteiger partial charge in [0.15, 0.2) is 5.82 Å². The summed E-state index contributed by atoms with van der Waals surface area (Å²) in [5.74, 6) is -0.747. The van der Waals surface area contributed by atoms with E-state index in [1.165, 1.54) is 6.20 Å². The van der Waals surface area contributed by atoms with Crippen molar-refractivity contribution >= 4 is 45.8 Å². The molecule has 1 aromatic heterocycles. The van der Waals surface area contributed by atoms with Crippen molar-refractivity contribution in [1.82, 2.24) is 4.98 Å². The highest BCUT2D eigenvalue weighted by Gasteiger charge is 2.23. The second kappa shape index (κ2) is 6.50. The van der Waals surface area contributed by atoms with Gasteiger partial charge in [-0.25, -0.2) is 4.39 Å². The molecule has 0 fully saturated rings. The molecule has 0 aliphatic heterocycles. The van der Waals surface area contributed by atoms with E-state index in [0.29, 0.717) is 14.8 Å². The zero-order chi connectivity index (χ0) is 16.5. The van der Waals surface area contributed by atoms with Crippen molar-refractivity contribution in [3.63, 3.8) is 0 Å². The third kappa shape index (κ3) is 3.57. The summed E-state index contributed by atoms with van der Waals surface area (Å²) in [5, 5.41) is 2.85. The predicted molar refractivity (Wildman–Crippen MR) is 95.4 cm³/mol. The average Bonchev–Trinajstić information content (AvgIpc) is 2.45. The van der Waals surface area contributed by atoms with Crippen LogP contribution in [-0.2, 0) is 4.79 Å². The lowest BCUT2D eigenvalue weighted by Gasteiger charge is -2.19. The summed E-state index contributed by atoms with van der Waals surface area (Å²) in [5.41, 5.74) is 0.570. The Morgan fingerprint density at radius 3 is 2.59 bits per heavy atom. The number of amides is 1. The summed E-state index contributed by atoms with van der Waals surface area (Å²) in [7, 11) is 0. The van der Waals surface area contributed by atoms with E-state index in [2.05, 4.69) is 10.3 Å². The molecule has 116 valence electrons. The van der Waals surface area contributed by atoms with Gasteiger partial charge in [-0.05, 0) is 28.7 Å². The Balaban J connectivity index is 2.50. The first-order valence-electron chi connectivity index (χ1n) is 6.62. The normalized spacial score (nSPS) is 11.4. The van der Waals surface area contributed by atoms with E-state index in [9.17, 15) is 9.18 Å². The molecule has 1 aromatic carbocycles. The summed E-state index contributed by atoms with van der Waals surface area (Å²) >= 11 is 7.87. The van der Waals surface area contributed by atoms with E-state index in [4.69, 9.17) is 11.6 Å². The number of hydrogen-bond donors (Lipinski definition) is 1. The van der Waals surface area contributed by atoms with E-state index in [-0.39, 0.29) is 16.6 Å². The number of hydrogen-bond acceptors (Lipinski definition) is 2. The molecule has 1 amide bonds. The molecule has 3 nitrogen and oxygen atoms in total. The van der Waals surface area contributed by atoms with Crippen LogP contribution in [-0.4, -0.2) is 10.9 Å². The van der Waals surface area contributed by atoms with Crippen LogP contribution in [0.4, 0.5) is 10.1 Å². The first-order valence-corrected chi connectivity index (χ1v) is 8.08. The largest absolute Gasteiger partial charge is 0.325 e. The fourth-order valence-electron chi connectivity index (χ4n) is 1.74. The number of nitrogens with one attached hydrogen (secondary N) is 1. The van der Waals surface area contributed by atoms with Crippen molar-refractivity contribution in [1.29, 1.82) is 0 Å². The number of anilines is 1. The Hall–Kier alpha value is -1.21. The first kappa shape index (κ1) is 17.1. The topological polar surface area (TPSA) is 42.0 Å². The van der Waals surface area contributed by atoms with Gasteiger partial charge in [0.2, 0.25) is 5.91 Å². The number of aromatic nitrogens is 1. The molecule has 0 unspecified atom stereocenters. The van der Waals surface area contributed by atoms with Crippen molar-refractivity contribution in [2.75, 3.05) is 5.32 Å². The maximum Gasteiger partial charge on any atom is 0.229 e. The number of benzene rings is 1. The van der Waals surface area contributed by atoms with E-state index in [0.717, 1.165) is 0 Å². The van der Waals surface area contributed by atoms with E-state index in [1.807, 2.05) is 43.4 Å². The summed E-state index contributed by atoms with van der Waals surface area (Å²) in [6.07, 6.45) is 1.50. The highest BCUT2D eigenvalue weighted by atomic mass is 127. The van der Waals surface area contributed by atoms with Crippen LogP contribution in [0.15, 0.2) is 30.5 Å². The predicted octanol–water partition coefficient (Wildman–Crippen LogP) is 5.13. The summed E-state index contributed by atoms with van der Waals surface area (Å²) in [6.45, 7) is 5.43. The van der Waals surface area contributed by atoms with Crippen LogP contribution in [0.1, 0.15) is 20.8 Å². The maximum absolute atomic E-state index is 14.4. The van der Waals surface area contributed by atoms with Gasteiger partial charge in [0.1, 0.15) is 5.69 Å². The van der Waals surface area contributed by atoms with Crippen LogP contribution in [0.25, 0.3) is 11.3 Å². The molecule has 1 N–H and O–H groups in total. The molecule has 2 rings (SSSR count). The smallest absolute Gasteiger partial charge is 0.229 e. The standard InChI is InChI=1S/C16H15ClFIN2O/c1-16(2,3)15(22)21-11-7-5-4-6-9(11)14-13(18)12(17)10(19)8-20-14/h4-8H,1-3H3,(H,21,22). The van der Waals surface area contributed by atoms with Crippen molar-refractivity contribution in [2.45, 2.75) is 20.8 Å². The fourth-order valence-corrected chi connectivity index (χ4v) is 2.25. The number of rotatable bonds is 2. The van der Waals surface area contributed by atoms with Crippen LogP contribution in [0, 0.1) is 14.8 Å². The maximum atomic E-state index is 14.4. The quantitative estimate of drug-likeness (QED) is 0.669. The molecule has 0 saturated heterocycles. The van der Waals surface area contributed by atoms with Crippen molar-refractivity contribution in [3.05, 3.63) is 44.9 Å². The highest BCUT2D eigenvalue weighted by Crippen LogP contribution is 2.33. The highest BCUT2D eigenvalue weighted by molar-refractivity contribution is 14.1. The molecule has 2 aromatic rings. The number of pyridine rings is 1. The zero-order valence-electron chi connectivity index (χ0n) is 12.4. The summed E-state index contributed by atoms with van der Waals surface area (Å²) in [6, 6.07) is 6.95. The van der Waals surface area contributed by atoms with Crippen LogP contribution in [0.2, 0.25) is 5.02 Å². The molecule has 0 spiro atoms. The Labute approximate surface area is 147 Å². The number of halogens is 3. The molecule has 0 aliphatic rings. The van der Waals surface area contributed by atoms with Gasteiger partial charge in [0, 0.05) is 17.2 Å². The lowest BCUT2D eigenvalue weighted by Crippen LogP contribution is -2.27. The van der Waals surface area contributed by atoms with Crippen molar-refractivity contribution < 1.29 is 9.18 Å². The van der Waals surface area contributed by atoms with Gasteiger partial charge < -0.3 is 5.32 Å². The van der Waals surface area contributed by atoms with Gasteiger partial charge in [0.05, 0.1) is 14.3 Å². The third-order valence-corrected chi connectivity index (χ3v) is 4.54. The Morgan fingerprint density at radius 2 is 1.95 bits per heavy atom. The second-order valence-corrected chi connectivity index (χ2v) is 7.37. The minimum absolute atomic E-state index is 0.0301. The third-order valence-electron chi connectivity index (χ3n) is 3.03. The Morgan fingerprint density at radius 1 is 1.32 bits per heavy atom. The first-order chi connectivity index (χ1) is 10.2. The van der Waals surface area contributed by atoms with Crippen LogP contribution >= 0.6 is 34.2 Å². The van der Waals surface area contributed by atoms with Gasteiger partial charge in [0.25, 0.3) is 0 Å². The lowest BCUT2D eigenvalue weighted by molar-refractivity contribution is -0.123. The summed E-state index contributed by atoms with van der Waals surface area (Å²) in [4.78, 5) is 16.3. The van der Waals surface area contributed by atoms with Gasteiger partial charge >= 0.3 is 0 Å². The fraction of sp³-hybridized carbons (Fsp3) is 0.250. The van der Waals surface area contributed by atoms with Crippen LogP contribution < -0.4 is 5.32 Å². The minimum atomic E-state index is -0.592. The molecule has 0 bridgehead atoms. The van der Waals surface area contributed by atoms with Crippen molar-refractivity contribution in [3.8, 4) is 11.3 Å². The van der Waals surface area contributed by atoms with Gasteiger partial charge in [-0.3, -0.25) is 9.78 Å². The number of carbonyl (C=O) groups excluding carboxylic acids is 1. The molecular weight excluding hydrogens is 418 g/mol. The van der Waals surface area contributed by atoms with Crippen molar-refractivity contribution in [2.24, 2.45) is 5.41 Å². The second-order valence-electron chi connectivity index (χ2n) is 5.83. The van der Waals surface area contributed by atoms with E-state index >= 15 is 0 Å². The number of carbonyl (C=O) groups is 1. The number of nitrogens with zero attached hydrogens (tertiary/aromatic N) is 1. The van der Waals surface area contributed by atoms with Crippen LogP contribution in [0.5, 0.6) is 0 Å². The van der Waals surface area contributed by atoms with Gasteiger partial charge in [-0.15, -0.1) is 0 Å². The molecule has 0 radical (unpaired) electrons. The Bertz CT molecular complexity index is 729. The SMILES string of the molecule is CC(C)(C)C(=O)Nc1ccccc1-c1ncc(I)c(Cl)c1F. The monoisotopic (exact) mass is 432 g/mol. The zero-order valence-corrected chi connectivity index (χ0v) is 15.3. The average molecular weight is 433 g/mol. The minimum Gasteiger partial charge on any atom is -0.325 e. The number of para-hydroxylation sites is 1.